The first kappa shape index (κ1) is 16.9. The van der Waals surface area contributed by atoms with E-state index in [-0.39, 0.29) is 26.2 Å². The van der Waals surface area contributed by atoms with Gasteiger partial charge in [0.15, 0.2) is 0 Å². The van der Waals surface area contributed by atoms with Crippen molar-refractivity contribution in [3.05, 3.63) is 0 Å². The first-order valence-electron chi connectivity index (χ1n) is 7.04. The quantitative estimate of drug-likeness (QED) is 0.376. The largest absolute Gasteiger partial charge is 0.418 e. The van der Waals surface area contributed by atoms with E-state index in [1.165, 1.54) is 6.92 Å². The van der Waals surface area contributed by atoms with Gasteiger partial charge in [0.2, 0.25) is 5.91 Å². The number of fused-ring (bicyclic) bond motifs is 3. The highest BCUT2D eigenvalue weighted by Crippen LogP contribution is 2.47. The van der Waals surface area contributed by atoms with Crippen molar-refractivity contribution in [3.8, 4) is 0 Å². The third-order valence-electron chi connectivity index (χ3n) is 4.39. The Morgan fingerprint density at radius 1 is 1.38 bits per heavy atom. The highest BCUT2D eigenvalue weighted by atomic mass is 32.3. The highest BCUT2D eigenvalue weighted by molar-refractivity contribution is 7.80. The van der Waals surface area contributed by atoms with Gasteiger partial charge in [0.25, 0.3) is 5.91 Å². The Balaban J connectivity index is 1.85. The summed E-state index contributed by atoms with van der Waals surface area (Å²) in [5.41, 5.74) is 3.68. The van der Waals surface area contributed by atoms with Crippen LogP contribution in [0.5, 0.6) is 0 Å². The number of hydrogen-bond donors (Lipinski definition) is 3. The molecule has 0 aromatic rings. The van der Waals surface area contributed by atoms with Crippen LogP contribution in [0.15, 0.2) is 0 Å². The minimum Gasteiger partial charge on any atom is -0.380 e. The van der Waals surface area contributed by atoms with Crippen molar-refractivity contribution in [3.63, 3.8) is 0 Å². The monoisotopic (exact) mass is 364 g/mol. The minimum atomic E-state index is -4.89. The first-order valence-corrected chi connectivity index (χ1v) is 8.40. The third-order valence-corrected chi connectivity index (χ3v) is 4.74. The van der Waals surface area contributed by atoms with E-state index in [2.05, 4.69) is 15.1 Å². The maximum absolute atomic E-state index is 12.4. The number of urea groups is 1. The number of hydroxylamine groups is 2. The average Bonchev–Trinajstić information content (AvgIpc) is 2.69. The van der Waals surface area contributed by atoms with Crippen LogP contribution in [0.2, 0.25) is 0 Å². The Bertz CT molecular complexity index is 690. The number of ether oxygens (including phenoxy) is 1. The first-order chi connectivity index (χ1) is 11.1. The number of carbonyl (C=O) groups is 3. The van der Waals surface area contributed by atoms with Crippen molar-refractivity contribution in [2.75, 3.05) is 19.8 Å². The molecule has 0 saturated carbocycles. The lowest BCUT2D eigenvalue weighted by molar-refractivity contribution is -0.193. The van der Waals surface area contributed by atoms with Gasteiger partial charge in [-0.1, -0.05) is 0 Å². The molecule has 134 valence electrons. The van der Waals surface area contributed by atoms with E-state index in [1.54, 1.807) is 0 Å². The van der Waals surface area contributed by atoms with Crippen molar-refractivity contribution >= 4 is 28.2 Å². The summed E-state index contributed by atoms with van der Waals surface area (Å²) >= 11 is 0. The van der Waals surface area contributed by atoms with Crippen molar-refractivity contribution in [1.29, 1.82) is 0 Å². The van der Waals surface area contributed by atoms with E-state index in [1.807, 2.05) is 0 Å². The van der Waals surface area contributed by atoms with Crippen molar-refractivity contribution in [2.45, 2.75) is 25.4 Å². The van der Waals surface area contributed by atoms with Gasteiger partial charge in [-0.05, 0) is 6.42 Å². The Morgan fingerprint density at radius 3 is 2.54 bits per heavy atom. The van der Waals surface area contributed by atoms with Crippen LogP contribution in [0.1, 0.15) is 13.3 Å². The molecule has 3 fully saturated rings. The second kappa shape index (κ2) is 5.54. The molecular weight excluding hydrogens is 348 g/mol. The molecule has 12 nitrogen and oxygen atoms in total. The Kier molecular flexibility index (Phi) is 3.90. The molecule has 24 heavy (non-hydrogen) atoms. The van der Waals surface area contributed by atoms with Crippen LogP contribution in [0.4, 0.5) is 4.79 Å². The van der Waals surface area contributed by atoms with Crippen LogP contribution in [0.25, 0.3) is 0 Å². The molecular formula is C11H16N4O8S. The fourth-order valence-corrected chi connectivity index (χ4v) is 3.63. The summed E-state index contributed by atoms with van der Waals surface area (Å²) in [6, 6.07) is -2.46. The summed E-state index contributed by atoms with van der Waals surface area (Å²) in [6.45, 7) is 1.68. The molecule has 0 aliphatic carbocycles. The number of amides is 4. The molecule has 3 heterocycles. The maximum atomic E-state index is 12.4. The Hall–Kier alpha value is -1.96. The normalized spacial score (nSPS) is 27.8. The summed E-state index contributed by atoms with van der Waals surface area (Å²) in [5.74, 6) is -1.10. The SMILES string of the molecule is CC(=O)NNC(=O)C1CC2(COC2)C2CN1C(=O)N2OS(=O)(=O)O. The van der Waals surface area contributed by atoms with E-state index in [0.29, 0.717) is 5.06 Å². The molecule has 2 bridgehead atoms. The Labute approximate surface area is 136 Å². The molecule has 1 spiro atoms. The molecule has 3 saturated heterocycles. The van der Waals surface area contributed by atoms with Gasteiger partial charge in [-0.15, -0.1) is 4.28 Å². The van der Waals surface area contributed by atoms with Crippen LogP contribution < -0.4 is 10.9 Å². The molecule has 2 unspecified atom stereocenters. The van der Waals surface area contributed by atoms with E-state index < -0.39 is 45.7 Å². The smallest absolute Gasteiger partial charge is 0.380 e. The molecule has 3 rings (SSSR count). The fraction of sp³-hybridized carbons (Fsp3) is 0.727. The topological polar surface area (TPSA) is 155 Å². The highest BCUT2D eigenvalue weighted by Gasteiger charge is 2.63. The van der Waals surface area contributed by atoms with Crippen LogP contribution in [-0.4, -0.2) is 72.6 Å². The van der Waals surface area contributed by atoms with E-state index in [0.717, 1.165) is 4.90 Å². The van der Waals surface area contributed by atoms with Crippen molar-refractivity contribution < 1.29 is 36.4 Å². The summed E-state index contributed by atoms with van der Waals surface area (Å²) in [4.78, 5) is 36.7. The summed E-state index contributed by atoms with van der Waals surface area (Å²) in [5, 5.41) is 0.573. The zero-order chi connectivity index (χ0) is 17.7. The van der Waals surface area contributed by atoms with Gasteiger partial charge in [-0.3, -0.25) is 25.0 Å². The summed E-state index contributed by atoms with van der Waals surface area (Å²) < 4.78 is 40.4. The molecule has 3 aliphatic heterocycles. The van der Waals surface area contributed by atoms with E-state index in [4.69, 9.17) is 9.29 Å². The molecule has 0 aromatic carbocycles. The zero-order valence-corrected chi connectivity index (χ0v) is 13.4. The van der Waals surface area contributed by atoms with Crippen LogP contribution >= 0.6 is 0 Å². The predicted molar refractivity (Wildman–Crippen MR) is 74.0 cm³/mol. The van der Waals surface area contributed by atoms with E-state index >= 15 is 0 Å². The minimum absolute atomic E-state index is 0.0376. The van der Waals surface area contributed by atoms with Gasteiger partial charge in [-0.2, -0.15) is 13.5 Å². The average molecular weight is 364 g/mol. The number of hydrazine groups is 1. The lowest BCUT2D eigenvalue weighted by atomic mass is 9.71. The van der Waals surface area contributed by atoms with Gasteiger partial charge in [0.05, 0.1) is 19.3 Å². The van der Waals surface area contributed by atoms with Crippen molar-refractivity contribution in [1.82, 2.24) is 20.8 Å². The number of hydrogen-bond acceptors (Lipinski definition) is 7. The molecule has 0 radical (unpaired) electrons. The number of piperidine rings is 1. The second-order valence-corrected chi connectivity index (χ2v) is 7.03. The second-order valence-electron chi connectivity index (χ2n) is 6.02. The lowest BCUT2D eigenvalue weighted by Gasteiger charge is -2.50. The van der Waals surface area contributed by atoms with Crippen LogP contribution in [0.3, 0.4) is 0 Å². The van der Waals surface area contributed by atoms with Gasteiger partial charge >= 0.3 is 16.4 Å². The van der Waals surface area contributed by atoms with Crippen LogP contribution in [-0.2, 0) is 29.0 Å². The van der Waals surface area contributed by atoms with Gasteiger partial charge in [0.1, 0.15) is 6.04 Å². The molecule has 3 aliphatic rings. The van der Waals surface area contributed by atoms with E-state index in [9.17, 15) is 22.8 Å². The van der Waals surface area contributed by atoms with Crippen molar-refractivity contribution in [2.24, 2.45) is 5.41 Å². The lowest BCUT2D eigenvalue weighted by Crippen LogP contribution is -2.64. The third kappa shape index (κ3) is 2.79. The number of carbonyl (C=O) groups excluding carboxylic acids is 3. The van der Waals surface area contributed by atoms with Gasteiger partial charge in [-0.25, -0.2) is 4.79 Å². The van der Waals surface area contributed by atoms with Gasteiger partial charge < -0.3 is 9.64 Å². The summed E-state index contributed by atoms with van der Waals surface area (Å²) in [6.07, 6.45) is 0.208. The zero-order valence-electron chi connectivity index (χ0n) is 12.6. The maximum Gasteiger partial charge on any atom is 0.418 e. The van der Waals surface area contributed by atoms with Gasteiger partial charge in [0, 0.05) is 18.9 Å². The number of nitrogens with one attached hydrogen (secondary N) is 2. The number of rotatable bonds is 3. The molecule has 0 aromatic heterocycles. The molecule has 2 atom stereocenters. The Morgan fingerprint density at radius 2 is 2.04 bits per heavy atom. The fourth-order valence-electron chi connectivity index (χ4n) is 3.26. The standard InChI is InChI=1S/C11H16N4O8S/c1-6(16)12-13-9(17)7-2-11(4-22-5-11)8-3-14(7)10(18)15(8)23-24(19,20)21/h7-8H,2-5H2,1H3,(H,12,16)(H,13,17)(H,19,20,21). The van der Waals surface area contributed by atoms with Crippen LogP contribution in [0, 0.1) is 5.41 Å². The molecule has 4 amide bonds. The molecule has 3 N–H and O–H groups in total. The molecule has 13 heteroatoms. The number of nitrogens with zero attached hydrogens (tertiary/aromatic N) is 2. The predicted octanol–water partition coefficient (Wildman–Crippen LogP) is -2.22. The summed E-state index contributed by atoms with van der Waals surface area (Å²) in [7, 11) is -4.89.